The van der Waals surface area contributed by atoms with Gasteiger partial charge in [0.25, 0.3) is 0 Å². The van der Waals surface area contributed by atoms with Crippen molar-refractivity contribution in [2.75, 3.05) is 39.5 Å². The quantitative estimate of drug-likeness (QED) is 0.444. The zero-order valence-electron chi connectivity index (χ0n) is 18.6. The van der Waals surface area contributed by atoms with E-state index in [0.29, 0.717) is 18.2 Å². The van der Waals surface area contributed by atoms with Gasteiger partial charge in [0, 0.05) is 18.8 Å². The number of carbonyl (C=O) groups is 2. The smallest absolute Gasteiger partial charge is 0.326 e. The maximum absolute atomic E-state index is 12.9. The Morgan fingerprint density at radius 3 is 2.40 bits per heavy atom. The Balaban J connectivity index is 2.04. The van der Waals surface area contributed by atoms with Crippen LogP contribution in [0.5, 0.6) is 0 Å². The second-order valence-electron chi connectivity index (χ2n) is 8.31. The van der Waals surface area contributed by atoms with Crippen molar-refractivity contribution in [2.45, 2.75) is 38.5 Å². The third kappa shape index (κ3) is 7.79. The topological polar surface area (TPSA) is 80.6 Å². The second-order valence-corrected chi connectivity index (χ2v) is 9.26. The van der Waals surface area contributed by atoms with E-state index in [-0.39, 0.29) is 18.2 Å². The van der Waals surface area contributed by atoms with E-state index < -0.39 is 11.6 Å². The van der Waals surface area contributed by atoms with Crippen molar-refractivity contribution < 1.29 is 14.3 Å². The Morgan fingerprint density at radius 2 is 1.80 bits per heavy atom. The molecule has 0 atom stereocenters. The van der Waals surface area contributed by atoms with Crippen LogP contribution in [-0.2, 0) is 14.3 Å². The number of thioether (sulfide) groups is 1. The molecule has 1 amide bonds. The van der Waals surface area contributed by atoms with Gasteiger partial charge >= 0.3 is 5.97 Å². The van der Waals surface area contributed by atoms with E-state index in [9.17, 15) is 9.59 Å². The fourth-order valence-electron chi connectivity index (χ4n) is 2.57. The highest BCUT2D eigenvalue weighted by atomic mass is 32.2. The van der Waals surface area contributed by atoms with Gasteiger partial charge in [-0.2, -0.15) is 0 Å². The van der Waals surface area contributed by atoms with Gasteiger partial charge in [-0.1, -0.05) is 29.5 Å². The zero-order valence-corrected chi connectivity index (χ0v) is 19.4. The van der Waals surface area contributed by atoms with Gasteiger partial charge in [0.1, 0.15) is 18.5 Å². The van der Waals surface area contributed by atoms with Crippen LogP contribution in [0.25, 0.3) is 5.69 Å². The molecule has 0 saturated carbocycles. The van der Waals surface area contributed by atoms with Crippen molar-refractivity contribution in [1.29, 1.82) is 0 Å². The lowest BCUT2D eigenvalue weighted by Gasteiger charge is -2.26. The number of carbonyl (C=O) groups excluding carboxylic acids is 2. The first-order valence-electron chi connectivity index (χ1n) is 9.79. The van der Waals surface area contributed by atoms with Crippen molar-refractivity contribution in [1.82, 2.24) is 24.6 Å². The van der Waals surface area contributed by atoms with E-state index >= 15 is 0 Å². The Hall–Kier alpha value is -2.39. The van der Waals surface area contributed by atoms with Crippen molar-refractivity contribution in [3.8, 4) is 5.69 Å². The largest absolute Gasteiger partial charge is 0.459 e. The summed E-state index contributed by atoms with van der Waals surface area (Å²) in [5.74, 6) is -0.408. The molecule has 2 rings (SSSR count). The molecule has 1 aromatic heterocycles. The Kier molecular flexibility index (Phi) is 8.43. The molecule has 0 radical (unpaired) electrons. The average Bonchev–Trinajstić information content (AvgIpc) is 3.10. The summed E-state index contributed by atoms with van der Waals surface area (Å²) in [4.78, 5) is 28.6. The Labute approximate surface area is 182 Å². The molecule has 164 valence electrons. The number of aryl methyl sites for hydroxylation is 1. The van der Waals surface area contributed by atoms with Crippen molar-refractivity contribution in [2.24, 2.45) is 0 Å². The molecule has 0 aliphatic heterocycles. The van der Waals surface area contributed by atoms with Gasteiger partial charge in [-0.3, -0.25) is 14.2 Å². The molecular formula is C21H31N5O3S. The summed E-state index contributed by atoms with van der Waals surface area (Å²) in [7, 11) is 3.85. The molecule has 0 unspecified atom stereocenters. The number of aromatic nitrogens is 3. The first-order chi connectivity index (χ1) is 14.0. The van der Waals surface area contributed by atoms with E-state index in [4.69, 9.17) is 4.74 Å². The minimum absolute atomic E-state index is 0.0743. The van der Waals surface area contributed by atoms with E-state index in [1.807, 2.05) is 75.5 Å². The van der Waals surface area contributed by atoms with E-state index in [0.717, 1.165) is 11.3 Å². The van der Waals surface area contributed by atoms with Gasteiger partial charge in [0.05, 0.1) is 5.75 Å². The summed E-state index contributed by atoms with van der Waals surface area (Å²) < 4.78 is 7.23. The molecule has 0 aliphatic carbocycles. The lowest BCUT2D eigenvalue weighted by Crippen LogP contribution is -2.42. The maximum atomic E-state index is 12.9. The van der Waals surface area contributed by atoms with E-state index in [1.165, 1.54) is 16.7 Å². The van der Waals surface area contributed by atoms with Crippen LogP contribution in [0.3, 0.4) is 0 Å². The van der Waals surface area contributed by atoms with Crippen LogP contribution in [0, 0.1) is 6.92 Å². The third-order valence-electron chi connectivity index (χ3n) is 4.06. The highest BCUT2D eigenvalue weighted by Gasteiger charge is 2.23. The third-order valence-corrected chi connectivity index (χ3v) is 4.99. The molecule has 1 aromatic carbocycles. The lowest BCUT2D eigenvalue weighted by molar-refractivity contribution is -0.158. The standard InChI is InChI=1S/C21H31N5O3S/c1-16-7-9-17(10-8-16)26-15-22-23-20(26)30-14-18(27)25(12-11-24(5)6)13-19(28)29-21(2,3)4/h7-10,15H,11-14H2,1-6H3. The van der Waals surface area contributed by atoms with Crippen LogP contribution >= 0.6 is 11.8 Å². The predicted octanol–water partition coefficient (Wildman–Crippen LogP) is 2.40. The van der Waals surface area contributed by atoms with Crippen LogP contribution in [0.2, 0.25) is 0 Å². The van der Waals surface area contributed by atoms with Crippen molar-refractivity contribution in [3.05, 3.63) is 36.2 Å². The molecule has 30 heavy (non-hydrogen) atoms. The number of esters is 1. The van der Waals surface area contributed by atoms with Crippen LogP contribution in [0.15, 0.2) is 35.7 Å². The monoisotopic (exact) mass is 433 g/mol. The van der Waals surface area contributed by atoms with Gasteiger partial charge in [-0.15, -0.1) is 10.2 Å². The van der Waals surface area contributed by atoms with E-state index in [1.54, 1.807) is 6.33 Å². The van der Waals surface area contributed by atoms with Crippen molar-refractivity contribution in [3.63, 3.8) is 0 Å². The van der Waals surface area contributed by atoms with Crippen LogP contribution < -0.4 is 0 Å². The summed E-state index contributed by atoms with van der Waals surface area (Å²) in [6.45, 7) is 8.47. The van der Waals surface area contributed by atoms with Crippen molar-refractivity contribution >= 4 is 23.6 Å². The normalized spacial score (nSPS) is 11.6. The lowest BCUT2D eigenvalue weighted by atomic mass is 10.2. The number of likely N-dealkylation sites (N-methyl/N-ethyl adjacent to an activating group) is 1. The average molecular weight is 434 g/mol. The molecule has 0 spiro atoms. The molecular weight excluding hydrogens is 402 g/mol. The Morgan fingerprint density at radius 1 is 1.13 bits per heavy atom. The fraction of sp³-hybridized carbons (Fsp3) is 0.524. The predicted molar refractivity (Wildman–Crippen MR) is 118 cm³/mol. The minimum Gasteiger partial charge on any atom is -0.459 e. The highest BCUT2D eigenvalue weighted by Crippen LogP contribution is 2.20. The van der Waals surface area contributed by atoms with Crippen LogP contribution in [0.1, 0.15) is 26.3 Å². The molecule has 0 fully saturated rings. The summed E-state index contributed by atoms with van der Waals surface area (Å²) in [6.07, 6.45) is 1.63. The van der Waals surface area contributed by atoms with Gasteiger partial charge in [-0.25, -0.2) is 0 Å². The molecule has 2 aromatic rings. The molecule has 0 aliphatic rings. The fourth-order valence-corrected chi connectivity index (χ4v) is 3.40. The van der Waals surface area contributed by atoms with Gasteiger partial charge < -0.3 is 14.5 Å². The number of nitrogens with zero attached hydrogens (tertiary/aromatic N) is 5. The molecule has 0 bridgehead atoms. The molecule has 0 N–H and O–H groups in total. The number of benzene rings is 1. The molecule has 0 saturated heterocycles. The van der Waals surface area contributed by atoms with Crippen LogP contribution in [-0.4, -0.2) is 81.5 Å². The minimum atomic E-state index is -0.591. The summed E-state index contributed by atoms with van der Waals surface area (Å²) in [6, 6.07) is 7.99. The summed E-state index contributed by atoms with van der Waals surface area (Å²) >= 11 is 1.30. The molecule has 8 nitrogen and oxygen atoms in total. The Bertz CT molecular complexity index is 843. The molecule has 9 heteroatoms. The maximum Gasteiger partial charge on any atom is 0.326 e. The number of rotatable bonds is 9. The summed E-state index contributed by atoms with van der Waals surface area (Å²) in [5, 5.41) is 8.74. The highest BCUT2D eigenvalue weighted by molar-refractivity contribution is 7.99. The first-order valence-corrected chi connectivity index (χ1v) is 10.8. The number of hydrogen-bond donors (Lipinski definition) is 0. The van der Waals surface area contributed by atoms with Gasteiger partial charge in [-0.05, 0) is 53.9 Å². The summed E-state index contributed by atoms with van der Waals surface area (Å²) in [5.41, 5.74) is 1.50. The second kappa shape index (κ2) is 10.6. The zero-order chi connectivity index (χ0) is 22.3. The van der Waals surface area contributed by atoms with E-state index in [2.05, 4.69) is 10.2 Å². The molecule has 1 heterocycles. The number of ether oxygens (including phenoxy) is 1. The first kappa shape index (κ1) is 23.9. The number of amides is 1. The van der Waals surface area contributed by atoms with Gasteiger partial charge in [0.15, 0.2) is 5.16 Å². The van der Waals surface area contributed by atoms with Crippen LogP contribution in [0.4, 0.5) is 0 Å². The van der Waals surface area contributed by atoms with Gasteiger partial charge in [0.2, 0.25) is 5.91 Å². The number of hydrogen-bond acceptors (Lipinski definition) is 7. The SMILES string of the molecule is Cc1ccc(-n2cnnc2SCC(=O)N(CCN(C)C)CC(=O)OC(C)(C)C)cc1.